The molecule has 0 saturated heterocycles. The Kier molecular flexibility index (Phi) is 4.48. The topological polar surface area (TPSA) is 55.4 Å². The van der Waals surface area contributed by atoms with Crippen molar-refractivity contribution in [2.75, 3.05) is 7.11 Å². The molecule has 0 heterocycles. The number of esters is 1. The van der Waals surface area contributed by atoms with Gasteiger partial charge in [0, 0.05) is 12.0 Å². The summed E-state index contributed by atoms with van der Waals surface area (Å²) in [5.74, 6) is -0.361. The number of benzene rings is 1. The summed E-state index contributed by atoms with van der Waals surface area (Å²) in [6.07, 6.45) is 0. The third-order valence-corrected chi connectivity index (χ3v) is 2.51. The zero-order valence-corrected chi connectivity index (χ0v) is 11.2. The smallest absolute Gasteiger partial charge is 0.337 e. The van der Waals surface area contributed by atoms with E-state index in [-0.39, 0.29) is 11.9 Å². The van der Waals surface area contributed by atoms with Crippen molar-refractivity contribution in [2.45, 2.75) is 27.3 Å². The summed E-state index contributed by atoms with van der Waals surface area (Å²) >= 11 is 0. The van der Waals surface area contributed by atoms with E-state index in [2.05, 4.69) is 10.1 Å². The summed E-state index contributed by atoms with van der Waals surface area (Å²) in [7, 11) is 1.35. The lowest BCUT2D eigenvalue weighted by Gasteiger charge is -2.17. The summed E-state index contributed by atoms with van der Waals surface area (Å²) < 4.78 is 4.61. The second-order valence-electron chi connectivity index (χ2n) is 5.12. The van der Waals surface area contributed by atoms with Crippen LogP contribution in [0.25, 0.3) is 0 Å². The van der Waals surface area contributed by atoms with E-state index in [9.17, 15) is 9.59 Å². The molecule has 4 heteroatoms. The molecule has 1 N–H and O–H groups in total. The first-order valence-corrected chi connectivity index (χ1v) is 5.80. The SMILES string of the molecule is COC(=O)c1ccc(CNC(=O)C(C)(C)C)cc1. The highest BCUT2D eigenvalue weighted by Crippen LogP contribution is 2.13. The highest BCUT2D eigenvalue weighted by molar-refractivity contribution is 5.89. The molecule has 0 radical (unpaired) electrons. The van der Waals surface area contributed by atoms with Crippen LogP contribution in [0.4, 0.5) is 0 Å². The predicted molar refractivity (Wildman–Crippen MR) is 69.1 cm³/mol. The molecular formula is C14H19NO3. The van der Waals surface area contributed by atoms with Gasteiger partial charge < -0.3 is 10.1 Å². The van der Waals surface area contributed by atoms with Gasteiger partial charge in [-0.3, -0.25) is 4.79 Å². The lowest BCUT2D eigenvalue weighted by Crippen LogP contribution is -2.34. The molecule has 1 rings (SSSR count). The molecule has 0 unspecified atom stereocenters. The third-order valence-electron chi connectivity index (χ3n) is 2.51. The minimum absolute atomic E-state index is 0.000422. The Morgan fingerprint density at radius 2 is 1.72 bits per heavy atom. The molecule has 1 aromatic carbocycles. The normalized spacial score (nSPS) is 10.9. The van der Waals surface area contributed by atoms with Crippen molar-refractivity contribution in [1.82, 2.24) is 5.32 Å². The van der Waals surface area contributed by atoms with Crippen LogP contribution in [0.15, 0.2) is 24.3 Å². The molecule has 0 aromatic heterocycles. The minimum atomic E-state index is -0.397. The molecule has 0 fully saturated rings. The van der Waals surface area contributed by atoms with Gasteiger partial charge in [0.05, 0.1) is 12.7 Å². The van der Waals surface area contributed by atoms with E-state index in [1.165, 1.54) is 7.11 Å². The van der Waals surface area contributed by atoms with Crippen molar-refractivity contribution in [3.63, 3.8) is 0 Å². The van der Waals surface area contributed by atoms with Crippen molar-refractivity contribution >= 4 is 11.9 Å². The van der Waals surface area contributed by atoms with Crippen molar-refractivity contribution in [3.05, 3.63) is 35.4 Å². The highest BCUT2D eigenvalue weighted by Gasteiger charge is 2.20. The average molecular weight is 249 g/mol. The molecule has 0 bridgehead atoms. The number of carbonyl (C=O) groups excluding carboxylic acids is 2. The van der Waals surface area contributed by atoms with Crippen LogP contribution < -0.4 is 5.32 Å². The predicted octanol–water partition coefficient (Wildman–Crippen LogP) is 2.14. The lowest BCUT2D eigenvalue weighted by molar-refractivity contribution is -0.128. The largest absolute Gasteiger partial charge is 0.465 e. The van der Waals surface area contributed by atoms with Crippen LogP contribution in [0.5, 0.6) is 0 Å². The summed E-state index contributed by atoms with van der Waals surface area (Å²) in [4.78, 5) is 22.9. The number of amides is 1. The molecule has 0 aliphatic carbocycles. The van der Waals surface area contributed by atoms with Crippen LogP contribution >= 0.6 is 0 Å². The Hall–Kier alpha value is -1.84. The standard InChI is InChI=1S/C14H19NO3/c1-14(2,3)13(17)15-9-10-5-7-11(8-6-10)12(16)18-4/h5-8H,9H2,1-4H3,(H,15,17). The van der Waals surface area contributed by atoms with Crippen molar-refractivity contribution in [2.24, 2.45) is 5.41 Å². The van der Waals surface area contributed by atoms with Crippen LogP contribution in [-0.2, 0) is 16.1 Å². The zero-order chi connectivity index (χ0) is 13.8. The Bertz CT molecular complexity index is 429. The van der Waals surface area contributed by atoms with Gasteiger partial charge in [-0.05, 0) is 17.7 Å². The van der Waals surface area contributed by atoms with Crippen LogP contribution in [0.3, 0.4) is 0 Å². The maximum absolute atomic E-state index is 11.7. The van der Waals surface area contributed by atoms with E-state index >= 15 is 0 Å². The van der Waals surface area contributed by atoms with Gasteiger partial charge in [0.15, 0.2) is 0 Å². The number of hydrogen-bond acceptors (Lipinski definition) is 3. The Morgan fingerprint density at radius 1 is 1.17 bits per heavy atom. The van der Waals surface area contributed by atoms with Crippen molar-refractivity contribution in [3.8, 4) is 0 Å². The van der Waals surface area contributed by atoms with Crippen molar-refractivity contribution in [1.29, 1.82) is 0 Å². The number of methoxy groups -OCH3 is 1. The Labute approximate surface area is 107 Å². The van der Waals surface area contributed by atoms with Gasteiger partial charge in [-0.15, -0.1) is 0 Å². The van der Waals surface area contributed by atoms with Gasteiger partial charge in [0.1, 0.15) is 0 Å². The molecule has 4 nitrogen and oxygen atoms in total. The second kappa shape index (κ2) is 5.67. The molecule has 1 amide bonds. The Balaban J connectivity index is 2.60. The maximum Gasteiger partial charge on any atom is 0.337 e. The molecular weight excluding hydrogens is 230 g/mol. The molecule has 0 aliphatic heterocycles. The van der Waals surface area contributed by atoms with Gasteiger partial charge >= 0.3 is 5.97 Å². The molecule has 98 valence electrons. The van der Waals surface area contributed by atoms with Crippen LogP contribution in [0, 0.1) is 5.41 Å². The van der Waals surface area contributed by atoms with E-state index in [0.29, 0.717) is 12.1 Å². The van der Waals surface area contributed by atoms with Gasteiger partial charge in [-0.2, -0.15) is 0 Å². The fourth-order valence-corrected chi connectivity index (χ4v) is 1.32. The fraction of sp³-hybridized carbons (Fsp3) is 0.429. The molecule has 0 atom stereocenters. The molecule has 18 heavy (non-hydrogen) atoms. The first-order chi connectivity index (χ1) is 8.34. The quantitative estimate of drug-likeness (QED) is 0.835. The van der Waals surface area contributed by atoms with Crippen LogP contribution in [-0.4, -0.2) is 19.0 Å². The number of carbonyl (C=O) groups is 2. The third kappa shape index (κ3) is 3.87. The molecule has 0 saturated carbocycles. The van der Waals surface area contributed by atoms with Gasteiger partial charge in [0.2, 0.25) is 5.91 Å². The number of ether oxygens (including phenoxy) is 1. The monoisotopic (exact) mass is 249 g/mol. The maximum atomic E-state index is 11.7. The lowest BCUT2D eigenvalue weighted by atomic mass is 9.95. The van der Waals surface area contributed by atoms with E-state index in [4.69, 9.17) is 0 Å². The first-order valence-electron chi connectivity index (χ1n) is 5.80. The fourth-order valence-electron chi connectivity index (χ4n) is 1.32. The molecule has 1 aromatic rings. The first kappa shape index (κ1) is 14.2. The summed E-state index contributed by atoms with van der Waals surface area (Å²) in [6.45, 7) is 6.05. The summed E-state index contributed by atoms with van der Waals surface area (Å²) in [5, 5.41) is 2.85. The van der Waals surface area contributed by atoms with E-state index in [1.54, 1.807) is 24.3 Å². The van der Waals surface area contributed by atoms with E-state index < -0.39 is 5.41 Å². The second-order valence-corrected chi connectivity index (χ2v) is 5.12. The summed E-state index contributed by atoms with van der Waals surface area (Å²) in [6, 6.07) is 6.97. The van der Waals surface area contributed by atoms with Crippen molar-refractivity contribution < 1.29 is 14.3 Å². The number of nitrogens with one attached hydrogen (secondary N) is 1. The summed E-state index contributed by atoms with van der Waals surface area (Å²) in [5.41, 5.74) is 1.05. The van der Waals surface area contributed by atoms with Gasteiger partial charge in [-0.1, -0.05) is 32.9 Å². The van der Waals surface area contributed by atoms with E-state index in [1.807, 2.05) is 20.8 Å². The van der Waals surface area contributed by atoms with Gasteiger partial charge in [-0.25, -0.2) is 4.79 Å². The highest BCUT2D eigenvalue weighted by atomic mass is 16.5. The Morgan fingerprint density at radius 3 is 2.17 bits per heavy atom. The van der Waals surface area contributed by atoms with Crippen LogP contribution in [0.2, 0.25) is 0 Å². The molecule has 0 spiro atoms. The zero-order valence-electron chi connectivity index (χ0n) is 11.2. The van der Waals surface area contributed by atoms with Crippen LogP contribution in [0.1, 0.15) is 36.7 Å². The number of hydrogen-bond donors (Lipinski definition) is 1. The van der Waals surface area contributed by atoms with E-state index in [0.717, 1.165) is 5.56 Å². The molecule has 0 aliphatic rings. The minimum Gasteiger partial charge on any atom is -0.465 e. The average Bonchev–Trinajstić information content (AvgIpc) is 2.34. The number of rotatable bonds is 3. The van der Waals surface area contributed by atoms with Gasteiger partial charge in [0.25, 0.3) is 0 Å².